The van der Waals surface area contributed by atoms with Gasteiger partial charge < -0.3 is 9.26 Å². The predicted octanol–water partition coefficient (Wildman–Crippen LogP) is 1.86. The molecule has 1 aliphatic rings. The summed E-state index contributed by atoms with van der Waals surface area (Å²) < 4.78 is 10.3. The van der Waals surface area contributed by atoms with E-state index < -0.39 is 0 Å². The zero-order valence-corrected chi connectivity index (χ0v) is 11.6. The van der Waals surface area contributed by atoms with Crippen LogP contribution in [0.3, 0.4) is 0 Å². The highest BCUT2D eigenvalue weighted by molar-refractivity contribution is 7.98. The zero-order chi connectivity index (χ0) is 13.9. The van der Waals surface area contributed by atoms with Gasteiger partial charge in [0.25, 0.3) is 5.91 Å². The van der Waals surface area contributed by atoms with Crippen LogP contribution in [0.4, 0.5) is 5.88 Å². The number of aromatic nitrogens is 3. The maximum absolute atomic E-state index is 12.0. The summed E-state index contributed by atoms with van der Waals surface area (Å²) in [6.45, 7) is 2.35. The van der Waals surface area contributed by atoms with Crippen LogP contribution in [-0.2, 0) is 11.5 Å². The van der Waals surface area contributed by atoms with Crippen LogP contribution < -0.4 is 10.1 Å². The van der Waals surface area contributed by atoms with Gasteiger partial charge in [0.1, 0.15) is 0 Å². The fourth-order valence-electron chi connectivity index (χ4n) is 1.79. The van der Waals surface area contributed by atoms with Crippen molar-refractivity contribution in [3.8, 4) is 5.88 Å². The van der Waals surface area contributed by atoms with E-state index in [9.17, 15) is 4.79 Å². The van der Waals surface area contributed by atoms with Gasteiger partial charge >= 0.3 is 0 Å². The van der Waals surface area contributed by atoms with E-state index in [0.717, 1.165) is 22.8 Å². The van der Waals surface area contributed by atoms with E-state index in [1.165, 1.54) is 0 Å². The summed E-state index contributed by atoms with van der Waals surface area (Å²) in [6, 6.07) is 3.16. The number of ether oxygens (including phenoxy) is 1. The van der Waals surface area contributed by atoms with Crippen molar-refractivity contribution in [2.75, 3.05) is 11.9 Å². The molecule has 3 rings (SSSR count). The first-order chi connectivity index (χ1) is 9.78. The third kappa shape index (κ3) is 2.46. The summed E-state index contributed by atoms with van der Waals surface area (Å²) in [5.74, 6) is 2.02. The number of carbonyl (C=O) groups is 1. The minimum atomic E-state index is -0.378. The molecule has 1 amide bonds. The third-order valence-electron chi connectivity index (χ3n) is 2.75. The number of carbonyl (C=O) groups excluding carboxylic acids is 1. The van der Waals surface area contributed by atoms with Crippen molar-refractivity contribution >= 4 is 23.6 Å². The van der Waals surface area contributed by atoms with Crippen LogP contribution in [0.2, 0.25) is 0 Å². The number of anilines is 1. The molecule has 2 aromatic heterocycles. The average molecular weight is 292 g/mol. The third-order valence-corrected chi connectivity index (χ3v) is 3.72. The molecule has 20 heavy (non-hydrogen) atoms. The highest BCUT2D eigenvalue weighted by atomic mass is 32.2. The zero-order valence-electron chi connectivity index (χ0n) is 10.8. The van der Waals surface area contributed by atoms with Gasteiger partial charge in [-0.25, -0.2) is 0 Å². The molecular weight excluding hydrogens is 280 g/mol. The Hall–Kier alpha value is -2.09. The molecule has 0 aliphatic carbocycles. The van der Waals surface area contributed by atoms with Gasteiger partial charge in [0.2, 0.25) is 11.8 Å². The second kappa shape index (κ2) is 5.49. The lowest BCUT2D eigenvalue weighted by Gasteiger charge is -2.03. The van der Waals surface area contributed by atoms with Crippen LogP contribution in [0.15, 0.2) is 16.7 Å². The first-order valence-electron chi connectivity index (χ1n) is 6.11. The van der Waals surface area contributed by atoms with Crippen molar-refractivity contribution in [2.45, 2.75) is 18.4 Å². The molecule has 0 saturated carbocycles. The predicted molar refractivity (Wildman–Crippen MR) is 72.7 cm³/mol. The van der Waals surface area contributed by atoms with Crippen molar-refractivity contribution in [1.82, 2.24) is 15.4 Å². The van der Waals surface area contributed by atoms with E-state index in [1.807, 2.05) is 6.92 Å². The minimum Gasteiger partial charge on any atom is -0.477 e. The van der Waals surface area contributed by atoms with Gasteiger partial charge in [0.15, 0.2) is 5.69 Å². The molecule has 0 radical (unpaired) electrons. The molecule has 7 nitrogen and oxygen atoms in total. The summed E-state index contributed by atoms with van der Waals surface area (Å²) in [6.07, 6.45) is 0. The Bertz CT molecular complexity index is 626. The number of hydrogen-bond donors (Lipinski definition) is 1. The van der Waals surface area contributed by atoms with Crippen LogP contribution in [0.5, 0.6) is 5.88 Å². The number of rotatable bonds is 4. The van der Waals surface area contributed by atoms with E-state index >= 15 is 0 Å². The topological polar surface area (TPSA) is 90.1 Å². The van der Waals surface area contributed by atoms with E-state index in [4.69, 9.17) is 9.26 Å². The monoisotopic (exact) mass is 292 g/mol. The fraction of sp³-hybridized carbons (Fsp3) is 0.333. The summed E-state index contributed by atoms with van der Waals surface area (Å²) in [7, 11) is 0. The van der Waals surface area contributed by atoms with Gasteiger partial charge in [-0.05, 0) is 13.0 Å². The van der Waals surface area contributed by atoms with Crippen LogP contribution in [0, 0.1) is 0 Å². The Morgan fingerprint density at radius 2 is 2.35 bits per heavy atom. The Labute approximate surface area is 119 Å². The van der Waals surface area contributed by atoms with E-state index in [0.29, 0.717) is 18.4 Å². The SMILES string of the molecule is CCOc1ccc(C(=O)Nc2onc3c2CSC3)nn1. The average Bonchev–Trinajstić information content (AvgIpc) is 3.05. The number of hydrogen-bond acceptors (Lipinski definition) is 7. The lowest BCUT2D eigenvalue weighted by molar-refractivity contribution is 0.101. The van der Waals surface area contributed by atoms with Crippen molar-refractivity contribution in [3.63, 3.8) is 0 Å². The Morgan fingerprint density at radius 3 is 3.10 bits per heavy atom. The van der Waals surface area contributed by atoms with Crippen molar-refractivity contribution in [2.24, 2.45) is 0 Å². The summed E-state index contributed by atoms with van der Waals surface area (Å²) in [5, 5.41) is 14.2. The molecule has 2 aromatic rings. The molecule has 0 spiro atoms. The molecular formula is C12H12N4O3S. The molecule has 0 unspecified atom stereocenters. The minimum absolute atomic E-state index is 0.198. The molecule has 8 heteroatoms. The van der Waals surface area contributed by atoms with Gasteiger partial charge in [-0.2, -0.15) is 11.8 Å². The van der Waals surface area contributed by atoms with Crippen LogP contribution in [-0.4, -0.2) is 27.9 Å². The largest absolute Gasteiger partial charge is 0.477 e. The number of amides is 1. The second-order valence-corrected chi connectivity index (χ2v) is 5.06. The maximum Gasteiger partial charge on any atom is 0.278 e. The van der Waals surface area contributed by atoms with Gasteiger partial charge in [0.05, 0.1) is 17.9 Å². The second-order valence-electron chi connectivity index (χ2n) is 4.07. The number of nitrogens with one attached hydrogen (secondary N) is 1. The fourth-order valence-corrected chi connectivity index (χ4v) is 2.81. The van der Waals surface area contributed by atoms with Gasteiger partial charge in [-0.3, -0.25) is 10.1 Å². The van der Waals surface area contributed by atoms with Crippen LogP contribution in [0.25, 0.3) is 0 Å². The van der Waals surface area contributed by atoms with Gasteiger partial charge in [-0.1, -0.05) is 5.16 Å². The molecule has 104 valence electrons. The Morgan fingerprint density at radius 1 is 1.45 bits per heavy atom. The van der Waals surface area contributed by atoms with E-state index in [2.05, 4.69) is 20.7 Å². The normalized spacial score (nSPS) is 13.1. The standard InChI is InChI=1S/C12H12N4O3S/c1-2-18-10-4-3-8(14-15-10)11(17)13-12-7-5-20-6-9(7)16-19-12/h3-4H,2,5-6H2,1H3,(H,13,17). The summed E-state index contributed by atoms with van der Waals surface area (Å²) >= 11 is 1.74. The number of fused-ring (bicyclic) bond motifs is 1. The molecule has 0 atom stereocenters. The van der Waals surface area contributed by atoms with Crippen molar-refractivity contribution in [3.05, 3.63) is 29.1 Å². The van der Waals surface area contributed by atoms with Crippen LogP contribution >= 0.6 is 11.8 Å². The Balaban J connectivity index is 1.72. The smallest absolute Gasteiger partial charge is 0.278 e. The van der Waals surface area contributed by atoms with Gasteiger partial charge in [0, 0.05) is 17.6 Å². The Kier molecular flexibility index (Phi) is 3.55. The molecule has 0 saturated heterocycles. The maximum atomic E-state index is 12.0. The number of nitrogens with zero attached hydrogens (tertiary/aromatic N) is 3. The highest BCUT2D eigenvalue weighted by Crippen LogP contribution is 2.34. The molecule has 3 heterocycles. The van der Waals surface area contributed by atoms with Crippen molar-refractivity contribution < 1.29 is 14.1 Å². The highest BCUT2D eigenvalue weighted by Gasteiger charge is 2.23. The van der Waals surface area contributed by atoms with Crippen molar-refractivity contribution in [1.29, 1.82) is 0 Å². The van der Waals surface area contributed by atoms with E-state index in [1.54, 1.807) is 23.9 Å². The van der Waals surface area contributed by atoms with E-state index in [-0.39, 0.29) is 11.6 Å². The molecule has 1 N–H and O–H groups in total. The molecule has 0 aromatic carbocycles. The number of thioether (sulfide) groups is 1. The van der Waals surface area contributed by atoms with Crippen LogP contribution in [0.1, 0.15) is 28.7 Å². The summed E-state index contributed by atoms with van der Waals surface area (Å²) in [4.78, 5) is 12.0. The lowest BCUT2D eigenvalue weighted by atomic mass is 10.3. The first-order valence-corrected chi connectivity index (χ1v) is 7.26. The quantitative estimate of drug-likeness (QED) is 0.919. The molecule has 0 bridgehead atoms. The molecule has 0 fully saturated rings. The summed E-state index contributed by atoms with van der Waals surface area (Å²) in [5.41, 5.74) is 2.04. The lowest BCUT2D eigenvalue weighted by Crippen LogP contribution is -2.14. The first kappa shape index (κ1) is 12.9. The van der Waals surface area contributed by atoms with Gasteiger partial charge in [-0.15, -0.1) is 10.2 Å². The molecule has 1 aliphatic heterocycles.